The second-order valence-electron chi connectivity index (χ2n) is 7.16. The normalized spacial score (nSPS) is 32.0. The molecule has 21 heavy (non-hydrogen) atoms. The zero-order valence-electron chi connectivity index (χ0n) is 13.6. The summed E-state index contributed by atoms with van der Waals surface area (Å²) in [7, 11) is 0. The molecule has 0 aliphatic carbocycles. The highest BCUT2D eigenvalue weighted by atomic mass is 16.8. The predicted octanol–water partition coefficient (Wildman–Crippen LogP) is 3.43. The summed E-state index contributed by atoms with van der Waals surface area (Å²) in [6.45, 7) is 9.99. The Morgan fingerprint density at radius 2 is 1.43 bits per heavy atom. The van der Waals surface area contributed by atoms with E-state index in [1.54, 1.807) is 0 Å². The lowest BCUT2D eigenvalue weighted by molar-refractivity contribution is 0.00578. The van der Waals surface area contributed by atoms with Gasteiger partial charge in [0.25, 0.3) is 0 Å². The van der Waals surface area contributed by atoms with Gasteiger partial charge in [0.15, 0.2) is 0 Å². The summed E-state index contributed by atoms with van der Waals surface area (Å²) in [5, 5.41) is 0. The van der Waals surface area contributed by atoms with Gasteiger partial charge in [0.1, 0.15) is 5.90 Å². The van der Waals surface area contributed by atoms with E-state index in [2.05, 4.69) is 0 Å². The minimum Gasteiger partial charge on any atom is -0.658 e. The van der Waals surface area contributed by atoms with Crippen molar-refractivity contribution in [1.29, 1.82) is 0 Å². The fourth-order valence-corrected chi connectivity index (χ4v) is 3.18. The molecule has 1 saturated heterocycles. The van der Waals surface area contributed by atoms with Gasteiger partial charge >= 0.3 is 6.75 Å². The van der Waals surface area contributed by atoms with Gasteiger partial charge in [-0.25, -0.2) is 0 Å². The lowest BCUT2D eigenvalue weighted by atomic mass is 9.55. The highest BCUT2D eigenvalue weighted by molar-refractivity contribution is 6.68. The molecule has 0 aromatic heterocycles. The van der Waals surface area contributed by atoms with E-state index in [4.69, 9.17) is 19.0 Å². The maximum atomic E-state index is 6.36. The van der Waals surface area contributed by atoms with E-state index in [9.17, 15) is 0 Å². The van der Waals surface area contributed by atoms with E-state index in [1.807, 2.05) is 71.9 Å². The van der Waals surface area contributed by atoms with Crippen LogP contribution in [0, 0.1) is 0 Å². The van der Waals surface area contributed by atoms with E-state index in [-0.39, 0.29) is 0 Å². The zero-order valence-corrected chi connectivity index (χ0v) is 13.6. The van der Waals surface area contributed by atoms with E-state index in [0.717, 1.165) is 5.56 Å². The molecule has 2 aliphatic heterocycles. The molecule has 0 bridgehead atoms. The molecular weight excluding hydrogens is 265 g/mol. The lowest BCUT2D eigenvalue weighted by Crippen LogP contribution is -2.56. The SMILES string of the molecule is CC1=N[C@@](C)(c2ccccc2)[B-]2(O1)OC(C)(C)C(C)(C)O2. The van der Waals surface area contributed by atoms with Crippen molar-refractivity contribution in [3.05, 3.63) is 35.9 Å². The molecule has 5 heteroatoms. The molecule has 2 heterocycles. The molecule has 0 radical (unpaired) electrons. The van der Waals surface area contributed by atoms with Crippen molar-refractivity contribution in [1.82, 2.24) is 0 Å². The Bertz CT molecular complexity index is 581. The first-order valence-electron chi connectivity index (χ1n) is 7.47. The molecular formula is C16H23BNO3-. The van der Waals surface area contributed by atoms with Crippen molar-refractivity contribution in [3.63, 3.8) is 0 Å². The molecule has 0 unspecified atom stereocenters. The van der Waals surface area contributed by atoms with Crippen LogP contribution in [-0.4, -0.2) is 23.9 Å². The van der Waals surface area contributed by atoms with Gasteiger partial charge < -0.3 is 14.0 Å². The molecule has 4 nitrogen and oxygen atoms in total. The minimum absolute atomic E-state index is 0.455. The molecule has 2 aliphatic rings. The topological polar surface area (TPSA) is 40.0 Å². The van der Waals surface area contributed by atoms with Crippen LogP contribution in [-0.2, 0) is 19.4 Å². The Balaban J connectivity index is 2.12. The number of nitrogens with zero attached hydrogens (tertiary/aromatic N) is 1. The molecule has 0 amide bonds. The molecule has 1 fully saturated rings. The van der Waals surface area contributed by atoms with Gasteiger partial charge in [0, 0.05) is 18.1 Å². The summed E-state index contributed by atoms with van der Waals surface area (Å²) in [6.07, 6.45) is 0. The zero-order chi connectivity index (χ0) is 15.5. The third-order valence-corrected chi connectivity index (χ3v) is 5.11. The minimum atomic E-state index is -2.02. The van der Waals surface area contributed by atoms with Crippen molar-refractivity contribution >= 4 is 12.7 Å². The number of hydrogen-bond acceptors (Lipinski definition) is 4. The smallest absolute Gasteiger partial charge is 0.468 e. The summed E-state index contributed by atoms with van der Waals surface area (Å²) < 4.78 is 18.7. The van der Waals surface area contributed by atoms with Gasteiger partial charge in [-0.05, 0) is 33.3 Å². The number of benzene rings is 1. The van der Waals surface area contributed by atoms with Crippen molar-refractivity contribution in [2.75, 3.05) is 0 Å². The highest BCUT2D eigenvalue weighted by Crippen LogP contribution is 2.52. The second-order valence-corrected chi connectivity index (χ2v) is 7.16. The molecule has 1 atom stereocenters. The van der Waals surface area contributed by atoms with Gasteiger partial charge in [-0.3, -0.25) is 4.99 Å². The summed E-state index contributed by atoms with van der Waals surface area (Å²) in [5.74, 6) is 0.606. The Morgan fingerprint density at radius 1 is 0.905 bits per heavy atom. The first-order valence-corrected chi connectivity index (χ1v) is 7.47. The van der Waals surface area contributed by atoms with E-state index in [0.29, 0.717) is 5.90 Å². The van der Waals surface area contributed by atoms with Crippen molar-refractivity contribution in [2.24, 2.45) is 4.99 Å². The van der Waals surface area contributed by atoms with E-state index >= 15 is 0 Å². The van der Waals surface area contributed by atoms with Crippen molar-refractivity contribution in [2.45, 2.75) is 58.2 Å². The fourth-order valence-electron chi connectivity index (χ4n) is 3.18. The Morgan fingerprint density at radius 3 is 1.95 bits per heavy atom. The average Bonchev–Trinajstić information content (AvgIpc) is 2.71. The number of aliphatic imine (C=N–C) groups is 1. The molecule has 1 spiro atoms. The number of rotatable bonds is 1. The van der Waals surface area contributed by atoms with Crippen molar-refractivity contribution < 1.29 is 14.0 Å². The molecule has 3 rings (SSSR count). The molecule has 0 saturated carbocycles. The predicted molar refractivity (Wildman–Crippen MR) is 84.1 cm³/mol. The third-order valence-electron chi connectivity index (χ3n) is 5.11. The van der Waals surface area contributed by atoms with E-state index < -0.39 is 23.4 Å². The first-order chi connectivity index (χ1) is 9.62. The van der Waals surface area contributed by atoms with Crippen LogP contribution in [0.5, 0.6) is 0 Å². The van der Waals surface area contributed by atoms with Crippen LogP contribution in [0.15, 0.2) is 35.3 Å². The fraction of sp³-hybridized carbons (Fsp3) is 0.562. The average molecular weight is 288 g/mol. The number of hydrogen-bond donors (Lipinski definition) is 0. The lowest BCUT2D eigenvalue weighted by Gasteiger charge is -2.43. The summed E-state index contributed by atoms with van der Waals surface area (Å²) in [4.78, 5) is 4.73. The maximum Gasteiger partial charge on any atom is 0.468 e. The van der Waals surface area contributed by atoms with Gasteiger partial charge in [0.2, 0.25) is 0 Å². The van der Waals surface area contributed by atoms with E-state index in [1.165, 1.54) is 0 Å². The van der Waals surface area contributed by atoms with Gasteiger partial charge in [-0.2, -0.15) is 0 Å². The first kappa shape index (κ1) is 14.6. The third kappa shape index (κ3) is 1.87. The Kier molecular flexibility index (Phi) is 2.86. The van der Waals surface area contributed by atoms with Crippen LogP contribution in [0.4, 0.5) is 0 Å². The van der Waals surface area contributed by atoms with Gasteiger partial charge in [-0.15, -0.1) is 0 Å². The van der Waals surface area contributed by atoms with Crippen LogP contribution in [0.25, 0.3) is 0 Å². The van der Waals surface area contributed by atoms with Gasteiger partial charge in [0.05, 0.1) is 5.44 Å². The molecule has 0 N–H and O–H groups in total. The van der Waals surface area contributed by atoms with Crippen LogP contribution in [0.3, 0.4) is 0 Å². The Hall–Kier alpha value is -1.33. The van der Waals surface area contributed by atoms with Crippen LogP contribution in [0.2, 0.25) is 0 Å². The monoisotopic (exact) mass is 288 g/mol. The van der Waals surface area contributed by atoms with Gasteiger partial charge in [-0.1, -0.05) is 37.3 Å². The summed E-state index contributed by atoms with van der Waals surface area (Å²) >= 11 is 0. The maximum absolute atomic E-state index is 6.36. The standard InChI is InChI=1S/C16H23BNO3/c1-12-18-16(6,13-10-8-7-9-11-13)17(19-12)20-14(2,3)15(4,5)21-17/h7-11H,1-6H3/q-1/t16-/m0/s1. The molecule has 1 aromatic carbocycles. The summed E-state index contributed by atoms with van der Waals surface area (Å²) in [6, 6.07) is 10.1. The Labute approximate surface area is 126 Å². The van der Waals surface area contributed by atoms with Crippen LogP contribution < -0.4 is 0 Å². The highest BCUT2D eigenvalue weighted by Gasteiger charge is 2.65. The van der Waals surface area contributed by atoms with Crippen molar-refractivity contribution in [3.8, 4) is 0 Å². The van der Waals surface area contributed by atoms with Crippen LogP contribution in [0.1, 0.15) is 47.1 Å². The van der Waals surface area contributed by atoms with Crippen LogP contribution >= 0.6 is 0 Å². The quantitative estimate of drug-likeness (QED) is 0.743. The molecule has 1 aromatic rings. The summed E-state index contributed by atoms with van der Waals surface area (Å²) in [5.41, 5.74) is -0.543. The second kappa shape index (κ2) is 4.11. The largest absolute Gasteiger partial charge is 0.658 e. The molecule has 114 valence electrons.